The topological polar surface area (TPSA) is 67.6 Å². The Bertz CT molecular complexity index is 563. The number of likely N-dealkylation sites (tertiary alicyclic amines) is 1. The summed E-state index contributed by atoms with van der Waals surface area (Å²) in [4.78, 5) is 14.7. The number of carbonyl (C=O) groups is 1. The summed E-state index contributed by atoms with van der Waals surface area (Å²) in [7, 11) is 0. The van der Waals surface area contributed by atoms with Gasteiger partial charge in [-0.2, -0.15) is 0 Å². The van der Waals surface area contributed by atoms with Gasteiger partial charge in [-0.25, -0.2) is 0 Å². The SMILES string of the molecule is CC1CCN(Cc2ccc(CNC(=O)[C@@H]3CC[C@H](CN)O3)cc2)CC1.Cl.Cl. The number of halogens is 2. The van der Waals surface area contributed by atoms with Gasteiger partial charge >= 0.3 is 0 Å². The highest BCUT2D eigenvalue weighted by atomic mass is 35.5. The molecule has 0 aromatic heterocycles. The molecule has 0 aliphatic carbocycles. The van der Waals surface area contributed by atoms with Gasteiger partial charge < -0.3 is 15.8 Å². The second-order valence-corrected chi connectivity index (χ2v) is 7.55. The van der Waals surface area contributed by atoms with Crippen molar-refractivity contribution in [2.75, 3.05) is 19.6 Å². The highest BCUT2D eigenvalue weighted by molar-refractivity contribution is 5.85. The Morgan fingerprint density at radius 2 is 1.74 bits per heavy atom. The number of nitrogens with zero attached hydrogens (tertiary/aromatic N) is 1. The Labute approximate surface area is 175 Å². The van der Waals surface area contributed by atoms with Crippen LogP contribution < -0.4 is 11.1 Å². The molecule has 3 N–H and O–H groups in total. The van der Waals surface area contributed by atoms with Crippen LogP contribution in [0.2, 0.25) is 0 Å². The van der Waals surface area contributed by atoms with E-state index in [1.165, 1.54) is 31.5 Å². The van der Waals surface area contributed by atoms with E-state index >= 15 is 0 Å². The van der Waals surface area contributed by atoms with E-state index in [-0.39, 0.29) is 42.9 Å². The summed E-state index contributed by atoms with van der Waals surface area (Å²) in [6.07, 6.45) is 3.94. The summed E-state index contributed by atoms with van der Waals surface area (Å²) >= 11 is 0. The minimum atomic E-state index is -0.339. The van der Waals surface area contributed by atoms with E-state index in [1.54, 1.807) is 0 Å². The van der Waals surface area contributed by atoms with E-state index in [2.05, 4.69) is 41.4 Å². The lowest BCUT2D eigenvalue weighted by molar-refractivity contribution is -0.132. The molecule has 0 spiro atoms. The zero-order valence-corrected chi connectivity index (χ0v) is 17.7. The molecule has 3 rings (SSSR count). The number of piperidine rings is 1. The van der Waals surface area contributed by atoms with Crippen LogP contribution in [0.3, 0.4) is 0 Å². The van der Waals surface area contributed by atoms with E-state index in [9.17, 15) is 4.79 Å². The zero-order chi connectivity index (χ0) is 17.6. The van der Waals surface area contributed by atoms with Crippen LogP contribution >= 0.6 is 24.8 Å². The van der Waals surface area contributed by atoms with Crippen molar-refractivity contribution in [2.24, 2.45) is 11.7 Å². The molecule has 0 radical (unpaired) electrons. The molecule has 2 atom stereocenters. The van der Waals surface area contributed by atoms with Crippen molar-refractivity contribution < 1.29 is 9.53 Å². The van der Waals surface area contributed by atoms with Crippen molar-refractivity contribution in [2.45, 2.75) is 57.9 Å². The van der Waals surface area contributed by atoms with Gasteiger partial charge in [0, 0.05) is 19.6 Å². The molecule has 7 heteroatoms. The third-order valence-electron chi connectivity index (χ3n) is 5.44. The van der Waals surface area contributed by atoms with Crippen molar-refractivity contribution in [3.05, 3.63) is 35.4 Å². The quantitative estimate of drug-likeness (QED) is 0.746. The third kappa shape index (κ3) is 7.24. The number of amides is 1. The highest BCUT2D eigenvalue weighted by Crippen LogP contribution is 2.20. The molecule has 154 valence electrons. The van der Waals surface area contributed by atoms with Gasteiger partial charge in [-0.05, 0) is 55.8 Å². The summed E-state index contributed by atoms with van der Waals surface area (Å²) in [5.74, 6) is 0.841. The van der Waals surface area contributed by atoms with Crippen LogP contribution in [-0.2, 0) is 22.6 Å². The van der Waals surface area contributed by atoms with Gasteiger partial charge in [-0.3, -0.25) is 9.69 Å². The van der Waals surface area contributed by atoms with E-state index < -0.39 is 0 Å². The minimum Gasteiger partial charge on any atom is -0.364 e. The fourth-order valence-corrected chi connectivity index (χ4v) is 3.62. The summed E-state index contributed by atoms with van der Waals surface area (Å²) < 4.78 is 5.63. The predicted octanol–water partition coefficient (Wildman–Crippen LogP) is 2.88. The zero-order valence-electron chi connectivity index (χ0n) is 16.1. The van der Waals surface area contributed by atoms with Crippen molar-refractivity contribution in [3.8, 4) is 0 Å². The molecule has 0 saturated carbocycles. The molecule has 2 fully saturated rings. The summed E-state index contributed by atoms with van der Waals surface area (Å²) in [6.45, 7) is 6.80. The van der Waals surface area contributed by atoms with Gasteiger partial charge in [0.15, 0.2) is 0 Å². The van der Waals surface area contributed by atoms with E-state index in [0.717, 1.165) is 30.9 Å². The van der Waals surface area contributed by atoms with Gasteiger partial charge in [-0.1, -0.05) is 31.2 Å². The Hall–Kier alpha value is -0.850. The van der Waals surface area contributed by atoms with Crippen LogP contribution in [-0.4, -0.2) is 42.6 Å². The van der Waals surface area contributed by atoms with Crippen LogP contribution in [0.1, 0.15) is 43.7 Å². The standard InChI is InChI=1S/C20H31N3O2.2ClH/c1-15-8-10-23(11-9-15)14-17-4-2-16(3-5-17)13-22-20(24)19-7-6-18(12-21)25-19;;/h2-5,15,18-19H,6-14,21H2,1H3,(H,22,24);2*1H/t18-,19+;;/m1../s1. The average molecular weight is 418 g/mol. The Kier molecular flexibility index (Phi) is 10.6. The maximum atomic E-state index is 12.2. The lowest BCUT2D eigenvalue weighted by Gasteiger charge is -2.30. The van der Waals surface area contributed by atoms with E-state index in [1.807, 2.05) is 0 Å². The second-order valence-electron chi connectivity index (χ2n) is 7.55. The highest BCUT2D eigenvalue weighted by Gasteiger charge is 2.29. The lowest BCUT2D eigenvalue weighted by atomic mass is 9.99. The van der Waals surface area contributed by atoms with Crippen molar-refractivity contribution in [1.82, 2.24) is 10.2 Å². The van der Waals surface area contributed by atoms with Crippen LogP contribution in [0.5, 0.6) is 0 Å². The minimum absolute atomic E-state index is 0. The van der Waals surface area contributed by atoms with Gasteiger partial charge in [0.05, 0.1) is 6.10 Å². The van der Waals surface area contributed by atoms with Crippen molar-refractivity contribution in [3.63, 3.8) is 0 Å². The van der Waals surface area contributed by atoms with Gasteiger partial charge in [0.1, 0.15) is 6.10 Å². The second kappa shape index (κ2) is 11.9. The Morgan fingerprint density at radius 1 is 1.11 bits per heavy atom. The monoisotopic (exact) mass is 417 g/mol. The maximum Gasteiger partial charge on any atom is 0.249 e. The summed E-state index contributed by atoms with van der Waals surface area (Å²) in [6, 6.07) is 8.58. The average Bonchev–Trinajstić information content (AvgIpc) is 3.12. The van der Waals surface area contributed by atoms with E-state index in [4.69, 9.17) is 10.5 Å². The first-order valence-electron chi connectivity index (χ1n) is 9.57. The molecular weight excluding hydrogens is 385 g/mol. The number of nitrogens with one attached hydrogen (secondary N) is 1. The Morgan fingerprint density at radius 3 is 2.33 bits per heavy atom. The number of rotatable bonds is 6. The molecule has 27 heavy (non-hydrogen) atoms. The van der Waals surface area contributed by atoms with Crippen LogP contribution in [0.4, 0.5) is 0 Å². The van der Waals surface area contributed by atoms with Crippen molar-refractivity contribution in [1.29, 1.82) is 0 Å². The fraction of sp³-hybridized carbons (Fsp3) is 0.650. The van der Waals surface area contributed by atoms with Crippen LogP contribution in [0.15, 0.2) is 24.3 Å². The van der Waals surface area contributed by atoms with Gasteiger partial charge in [0.25, 0.3) is 0 Å². The Balaban J connectivity index is 0.00000182. The molecule has 1 aromatic rings. The molecule has 0 bridgehead atoms. The van der Waals surface area contributed by atoms with Gasteiger partial charge in [-0.15, -0.1) is 24.8 Å². The molecule has 2 aliphatic rings. The van der Waals surface area contributed by atoms with E-state index in [0.29, 0.717) is 13.1 Å². The largest absolute Gasteiger partial charge is 0.364 e. The fourth-order valence-electron chi connectivity index (χ4n) is 3.62. The molecule has 2 aliphatic heterocycles. The number of ether oxygens (including phenoxy) is 1. The molecule has 1 aromatic carbocycles. The molecule has 0 unspecified atom stereocenters. The third-order valence-corrected chi connectivity index (χ3v) is 5.44. The summed E-state index contributed by atoms with van der Waals surface area (Å²) in [5.41, 5.74) is 8.05. The first-order chi connectivity index (χ1) is 12.1. The first-order valence-corrected chi connectivity index (χ1v) is 9.57. The maximum absolute atomic E-state index is 12.2. The van der Waals surface area contributed by atoms with Crippen LogP contribution in [0, 0.1) is 5.92 Å². The molecule has 1 amide bonds. The first kappa shape index (κ1) is 24.2. The molecule has 2 saturated heterocycles. The molecular formula is C20H33Cl2N3O2. The number of carbonyl (C=O) groups excluding carboxylic acids is 1. The number of hydrogen-bond donors (Lipinski definition) is 2. The molecule has 2 heterocycles. The van der Waals surface area contributed by atoms with Crippen molar-refractivity contribution >= 4 is 30.7 Å². The molecule has 5 nitrogen and oxygen atoms in total. The number of nitrogens with two attached hydrogens (primary N) is 1. The summed E-state index contributed by atoms with van der Waals surface area (Å²) in [5, 5.41) is 2.98. The number of hydrogen-bond acceptors (Lipinski definition) is 4. The van der Waals surface area contributed by atoms with Gasteiger partial charge in [0.2, 0.25) is 5.91 Å². The number of benzene rings is 1. The normalized spacial score (nSPS) is 23.3. The lowest BCUT2D eigenvalue weighted by Crippen LogP contribution is -2.35. The van der Waals surface area contributed by atoms with Crippen LogP contribution in [0.25, 0.3) is 0 Å². The predicted molar refractivity (Wildman–Crippen MR) is 113 cm³/mol. The smallest absolute Gasteiger partial charge is 0.249 e.